The minimum Gasteiger partial charge on any atom is -0.456 e. The summed E-state index contributed by atoms with van der Waals surface area (Å²) >= 11 is 0. The van der Waals surface area contributed by atoms with Gasteiger partial charge in [-0.2, -0.15) is 4.98 Å². The average Bonchev–Trinajstić information content (AvgIpc) is 2.59. The average molecular weight is 409 g/mol. The third-order valence-electron chi connectivity index (χ3n) is 3.98. The zero-order valence-corrected chi connectivity index (χ0v) is 16.2. The summed E-state index contributed by atoms with van der Waals surface area (Å²) < 4.78 is 17.4. The summed E-state index contributed by atoms with van der Waals surface area (Å²) in [5.41, 5.74) is 6.19. The summed E-state index contributed by atoms with van der Waals surface area (Å²) in [6, 6.07) is 0.414. The van der Waals surface area contributed by atoms with Crippen LogP contribution >= 0.6 is 0 Å². The number of hydrogen-bond donors (Lipinski definition) is 2. The van der Waals surface area contributed by atoms with Crippen LogP contribution in [0.3, 0.4) is 0 Å². The SMILES string of the molecule is CC(=O)Nc1ccn(C2OC(C)C(N=[N+]=N)C(OC(C)=O)C2OC(C)=O)c(=O)n1. The fourth-order valence-electron chi connectivity index (χ4n) is 2.95. The maximum absolute atomic E-state index is 12.5. The Bertz CT molecular complexity index is 909. The second kappa shape index (κ2) is 9.17. The fraction of sp³-hybridized carbons (Fsp3) is 0.562. The van der Waals surface area contributed by atoms with Crippen molar-refractivity contribution in [3.05, 3.63) is 22.7 Å². The topological polar surface area (TPSA) is 176 Å². The highest BCUT2D eigenvalue weighted by atomic mass is 16.6. The van der Waals surface area contributed by atoms with E-state index in [4.69, 9.17) is 19.7 Å². The van der Waals surface area contributed by atoms with Gasteiger partial charge in [0.15, 0.2) is 24.5 Å². The van der Waals surface area contributed by atoms with Gasteiger partial charge in [0.1, 0.15) is 16.5 Å². The Kier molecular flexibility index (Phi) is 6.91. The van der Waals surface area contributed by atoms with E-state index in [0.29, 0.717) is 0 Å². The van der Waals surface area contributed by atoms with Crippen LogP contribution in [0.5, 0.6) is 0 Å². The summed E-state index contributed by atoms with van der Waals surface area (Å²) in [6.07, 6.45) is -3.10. The molecule has 2 rings (SSSR count). The van der Waals surface area contributed by atoms with E-state index < -0.39 is 54.1 Å². The van der Waals surface area contributed by atoms with E-state index in [1.165, 1.54) is 19.2 Å². The highest BCUT2D eigenvalue weighted by Gasteiger charge is 2.52. The molecule has 5 atom stereocenters. The van der Waals surface area contributed by atoms with Crippen molar-refractivity contribution in [1.29, 1.82) is 5.53 Å². The summed E-state index contributed by atoms with van der Waals surface area (Å²) in [4.78, 5) is 53.6. The molecule has 0 spiro atoms. The number of ether oxygens (including phenoxy) is 3. The Hall–Kier alpha value is -3.44. The molecule has 1 aliphatic heterocycles. The molecule has 0 bridgehead atoms. The molecule has 0 radical (unpaired) electrons. The Labute approximate surface area is 164 Å². The molecule has 156 valence electrons. The van der Waals surface area contributed by atoms with Gasteiger partial charge in [0, 0.05) is 27.0 Å². The van der Waals surface area contributed by atoms with Gasteiger partial charge in [0.25, 0.3) is 0 Å². The molecule has 1 aromatic rings. The highest BCUT2D eigenvalue weighted by molar-refractivity contribution is 5.87. The van der Waals surface area contributed by atoms with Gasteiger partial charge in [-0.05, 0) is 13.0 Å². The van der Waals surface area contributed by atoms with Crippen molar-refractivity contribution in [2.45, 2.75) is 58.3 Å². The first-order valence-electron chi connectivity index (χ1n) is 8.57. The molecule has 13 heteroatoms. The summed E-state index contributed by atoms with van der Waals surface area (Å²) in [7, 11) is 0. The van der Waals surface area contributed by atoms with Crippen LogP contribution in [0, 0.1) is 5.53 Å². The van der Waals surface area contributed by atoms with Gasteiger partial charge >= 0.3 is 17.6 Å². The summed E-state index contributed by atoms with van der Waals surface area (Å²) in [6.45, 7) is 5.14. The molecule has 13 nitrogen and oxygen atoms in total. The number of hydrogen-bond acceptors (Lipinski definition) is 10. The number of rotatable bonds is 5. The van der Waals surface area contributed by atoms with Gasteiger partial charge < -0.3 is 19.5 Å². The standard InChI is InChI=1S/C16H20N6O7/c1-7-12(20-21-17)13(28-9(3)24)14(29-10(4)25)15(27-7)22-6-5-11(18-8(2)23)19-16(22)26/h5-7,12-15,17H,1-4H3/p+1. The van der Waals surface area contributed by atoms with Crippen molar-refractivity contribution in [2.24, 2.45) is 5.11 Å². The molecule has 1 aromatic heterocycles. The number of carbonyl (C=O) groups excluding carboxylic acids is 3. The van der Waals surface area contributed by atoms with Gasteiger partial charge in [-0.15, -0.1) is 0 Å². The minimum atomic E-state index is -1.27. The lowest BCUT2D eigenvalue weighted by Crippen LogP contribution is -2.58. The monoisotopic (exact) mass is 409 g/mol. The van der Waals surface area contributed by atoms with Crippen LogP contribution in [0.2, 0.25) is 0 Å². The molecular weight excluding hydrogens is 388 g/mol. The molecule has 0 aromatic carbocycles. The fourth-order valence-corrected chi connectivity index (χ4v) is 2.95. The molecule has 1 aliphatic rings. The van der Waals surface area contributed by atoms with Crippen molar-refractivity contribution in [2.75, 3.05) is 5.32 Å². The largest absolute Gasteiger partial charge is 0.456 e. The van der Waals surface area contributed by atoms with Crippen molar-refractivity contribution >= 4 is 23.7 Å². The number of amides is 1. The van der Waals surface area contributed by atoms with Crippen LogP contribution in [-0.4, -0.2) is 51.8 Å². The number of nitrogens with one attached hydrogen (secondary N) is 2. The summed E-state index contributed by atoms with van der Waals surface area (Å²) in [5, 5.41) is 6.08. The Balaban J connectivity index is 2.52. The second-order valence-corrected chi connectivity index (χ2v) is 6.27. The Morgan fingerprint density at radius 2 is 1.86 bits per heavy atom. The van der Waals surface area contributed by atoms with Gasteiger partial charge in [-0.25, -0.2) is 4.79 Å². The molecule has 2 heterocycles. The van der Waals surface area contributed by atoms with Gasteiger partial charge in [0.2, 0.25) is 10.8 Å². The lowest BCUT2D eigenvalue weighted by molar-refractivity contribution is -0.228. The Morgan fingerprint density at radius 3 is 2.38 bits per heavy atom. The smallest absolute Gasteiger partial charge is 0.351 e. The zero-order chi connectivity index (χ0) is 21.7. The van der Waals surface area contributed by atoms with Crippen molar-refractivity contribution < 1.29 is 28.6 Å². The first-order valence-corrected chi connectivity index (χ1v) is 8.57. The molecule has 2 N–H and O–H groups in total. The highest BCUT2D eigenvalue weighted by Crippen LogP contribution is 2.33. The lowest BCUT2D eigenvalue weighted by atomic mass is 9.96. The van der Waals surface area contributed by atoms with E-state index in [0.717, 1.165) is 18.4 Å². The van der Waals surface area contributed by atoms with E-state index in [1.54, 1.807) is 6.92 Å². The quantitative estimate of drug-likeness (QED) is 0.385. The number of anilines is 1. The molecular formula is C16H21N6O7+. The normalized spacial score (nSPS) is 26.0. The van der Waals surface area contributed by atoms with E-state index in [-0.39, 0.29) is 5.82 Å². The number of carbonyl (C=O) groups is 3. The Morgan fingerprint density at radius 1 is 1.24 bits per heavy atom. The van der Waals surface area contributed by atoms with E-state index in [2.05, 4.69) is 20.3 Å². The molecule has 0 aliphatic carbocycles. The molecule has 1 saturated heterocycles. The predicted octanol–water partition coefficient (Wildman–Crippen LogP) is -0.0986. The minimum absolute atomic E-state index is 0.0315. The zero-order valence-electron chi connectivity index (χ0n) is 16.2. The van der Waals surface area contributed by atoms with Crippen LogP contribution in [0.4, 0.5) is 5.82 Å². The van der Waals surface area contributed by atoms with Crippen LogP contribution in [-0.2, 0) is 28.6 Å². The molecule has 0 saturated carbocycles. The molecule has 5 unspecified atom stereocenters. The van der Waals surface area contributed by atoms with Crippen LogP contribution in [0.1, 0.15) is 33.9 Å². The predicted molar refractivity (Wildman–Crippen MR) is 94.6 cm³/mol. The number of aromatic nitrogens is 2. The van der Waals surface area contributed by atoms with E-state index >= 15 is 0 Å². The van der Waals surface area contributed by atoms with Crippen molar-refractivity contribution in [3.8, 4) is 0 Å². The maximum atomic E-state index is 12.5. The van der Waals surface area contributed by atoms with Crippen molar-refractivity contribution in [1.82, 2.24) is 14.5 Å². The van der Waals surface area contributed by atoms with E-state index in [9.17, 15) is 19.2 Å². The van der Waals surface area contributed by atoms with Crippen molar-refractivity contribution in [3.63, 3.8) is 0 Å². The third kappa shape index (κ3) is 5.30. The first-order chi connectivity index (χ1) is 13.6. The molecule has 29 heavy (non-hydrogen) atoms. The number of nitrogens with zero attached hydrogens (tertiary/aromatic N) is 4. The first kappa shape index (κ1) is 21.9. The second-order valence-electron chi connectivity index (χ2n) is 6.27. The van der Waals surface area contributed by atoms with E-state index in [1.807, 2.05) is 0 Å². The van der Waals surface area contributed by atoms with Crippen LogP contribution < -0.4 is 15.9 Å². The van der Waals surface area contributed by atoms with Gasteiger partial charge in [-0.1, -0.05) is 0 Å². The summed E-state index contributed by atoms with van der Waals surface area (Å²) in [5.74, 6) is -1.78. The lowest BCUT2D eigenvalue weighted by Gasteiger charge is -2.41. The molecule has 1 fully saturated rings. The maximum Gasteiger partial charge on any atom is 0.351 e. The van der Waals surface area contributed by atoms with Gasteiger partial charge in [-0.3, -0.25) is 19.0 Å². The molecule has 1 amide bonds. The van der Waals surface area contributed by atoms with Gasteiger partial charge in [0.05, 0.1) is 6.10 Å². The van der Waals surface area contributed by atoms with Crippen LogP contribution in [0.15, 0.2) is 22.2 Å². The van der Waals surface area contributed by atoms with Crippen LogP contribution in [0.25, 0.3) is 0 Å². The number of esters is 2. The third-order valence-corrected chi connectivity index (χ3v) is 3.98.